The van der Waals surface area contributed by atoms with Crippen LogP contribution in [0, 0.1) is 0 Å². The highest BCUT2D eigenvalue weighted by Gasteiger charge is 2.96. The number of hydrogen-bond donors (Lipinski definition) is 8. The number of carbonyl (C=O) groups is 3. The summed E-state index contributed by atoms with van der Waals surface area (Å²) in [6.07, 6.45) is -30.8. The van der Waals surface area contributed by atoms with Crippen molar-refractivity contribution in [1.82, 2.24) is 25.9 Å². The molecule has 552 valence electrons. The second-order valence-corrected chi connectivity index (χ2v) is 21.0. The van der Waals surface area contributed by atoms with Gasteiger partial charge in [0.05, 0.1) is 19.5 Å². The maximum absolute atomic E-state index is 14.7. The molecule has 2 rings (SSSR count). The molecule has 1 aromatic rings. The van der Waals surface area contributed by atoms with Gasteiger partial charge in [0.1, 0.15) is 30.5 Å². The average Bonchev–Trinajstić information content (AvgIpc) is 0.740. The molecule has 3 amide bonds. The number of nitrogens with zero attached hydrogens (tertiary/aromatic N) is 1. The Bertz CT molecular complexity index is 2600. The summed E-state index contributed by atoms with van der Waals surface area (Å²) in [6, 6.07) is -2.62. The molecule has 1 fully saturated rings. The Morgan fingerprint density at radius 3 is 1.28 bits per heavy atom. The van der Waals surface area contributed by atoms with Gasteiger partial charge < -0.3 is 50.8 Å². The molecule has 1 aliphatic rings. The highest BCUT2D eigenvalue weighted by atomic mass is 19.4. The third-order valence-electron chi connectivity index (χ3n) is 14.1. The van der Waals surface area contributed by atoms with Crippen LogP contribution in [0.1, 0.15) is 95.6 Å². The second kappa shape index (κ2) is 30.0. The van der Waals surface area contributed by atoms with Gasteiger partial charge in [-0.05, 0) is 19.3 Å². The lowest BCUT2D eigenvalue weighted by molar-refractivity contribution is -0.461. The van der Waals surface area contributed by atoms with Crippen molar-refractivity contribution in [3.8, 4) is 0 Å². The Kier molecular flexibility index (Phi) is 27.2. The summed E-state index contributed by atoms with van der Waals surface area (Å²) in [7, 11) is 0. The van der Waals surface area contributed by atoms with E-state index in [9.17, 15) is 180 Å². The van der Waals surface area contributed by atoms with Gasteiger partial charge in [-0.25, -0.2) is 4.98 Å². The van der Waals surface area contributed by atoms with E-state index in [1.165, 1.54) is 10.6 Å². The minimum absolute atomic E-state index is 0.0456. The van der Waals surface area contributed by atoms with Gasteiger partial charge in [-0.1, -0.05) is 38.5 Å². The molecule has 1 aliphatic heterocycles. The number of H-pyrrole nitrogens is 1. The number of rotatable bonds is 40. The van der Waals surface area contributed by atoms with Crippen LogP contribution in [-0.4, -0.2) is 206 Å². The summed E-state index contributed by atoms with van der Waals surface area (Å²) in [6.45, 7) is -2.97. The Balaban J connectivity index is 2.06. The van der Waals surface area contributed by atoms with E-state index in [4.69, 9.17) is 9.47 Å². The van der Waals surface area contributed by atoms with Gasteiger partial charge in [0.2, 0.25) is 17.7 Å². The molecular formula is C47H54F33N5O9. The van der Waals surface area contributed by atoms with Crippen molar-refractivity contribution in [3.63, 3.8) is 0 Å². The van der Waals surface area contributed by atoms with Crippen molar-refractivity contribution >= 4 is 17.7 Å². The molecule has 8 N–H and O–H groups in total. The van der Waals surface area contributed by atoms with Gasteiger partial charge in [-0.3, -0.25) is 14.4 Å². The number of aromatic nitrogens is 2. The Labute approximate surface area is 505 Å². The number of ether oxygens (including phenoxy) is 2. The smallest absolute Gasteiger partial charge is 0.394 e. The number of amides is 3. The number of hydrogen-bond acceptors (Lipinski definition) is 10. The summed E-state index contributed by atoms with van der Waals surface area (Å²) in [4.78, 5) is 42.6. The molecule has 0 bridgehead atoms. The fourth-order valence-electron chi connectivity index (χ4n) is 8.28. The van der Waals surface area contributed by atoms with Gasteiger partial charge >= 0.3 is 95.0 Å². The largest absolute Gasteiger partial charge is 0.460 e. The molecule has 1 unspecified atom stereocenters. The Hall–Kier alpha value is -4.93. The highest BCUT2D eigenvalue weighted by Crippen LogP contribution is 2.66. The van der Waals surface area contributed by atoms with E-state index in [-0.39, 0.29) is 45.3 Å². The van der Waals surface area contributed by atoms with Crippen LogP contribution >= 0.6 is 0 Å². The predicted molar refractivity (Wildman–Crippen MR) is 245 cm³/mol. The maximum atomic E-state index is 14.7. The van der Waals surface area contributed by atoms with E-state index in [1.54, 1.807) is 0 Å². The topological polar surface area (TPSA) is 215 Å². The number of alkyl halides is 33. The fraction of sp³-hybridized carbons (Fsp3) is 0.872. The van der Waals surface area contributed by atoms with Crippen molar-refractivity contribution in [2.45, 2.75) is 228 Å². The number of aromatic amines is 1. The summed E-state index contributed by atoms with van der Waals surface area (Å²) < 4.78 is 476. The molecular weight excluding hydrogens is 1410 g/mol. The van der Waals surface area contributed by atoms with Crippen molar-refractivity contribution in [2.24, 2.45) is 0 Å². The summed E-state index contributed by atoms with van der Waals surface area (Å²) in [5.74, 6) is -129. The number of carbonyl (C=O) groups excluding carboxylic acids is 3. The lowest BCUT2D eigenvalue weighted by Gasteiger charge is -2.43. The van der Waals surface area contributed by atoms with Gasteiger partial charge in [0, 0.05) is 63.5 Å². The number of nitrogens with one attached hydrogen (secondary N) is 4. The Morgan fingerprint density at radius 1 is 0.468 bits per heavy atom. The zero-order chi connectivity index (χ0) is 73.6. The van der Waals surface area contributed by atoms with Crippen LogP contribution < -0.4 is 16.0 Å². The van der Waals surface area contributed by atoms with Crippen molar-refractivity contribution < 1.29 is 189 Å². The first-order valence-electron chi connectivity index (χ1n) is 26.6. The molecule has 1 aromatic heterocycles. The highest BCUT2D eigenvalue weighted by molar-refractivity contribution is 5.87. The SMILES string of the molecule is O=C(CCCCCCCCCCC(F)(F)C(F)(F)C(F)(F)C(F)(F)C(F)(F)C(F)(F)C(F)(F)C(F)(F)CCCNC(=O)C(Cc1cnc[nH]1)NC(=O)CCC(F)(F)C(F)(F)C(F)(F)C(F)(F)C(F)(F)C(F)(F)C(F)(F)C(F)(F)F)NCCO[C@@H]1O[C@H](CO)[C@H](O)[C@H](O)[C@H]1O. The van der Waals surface area contributed by atoms with Crippen molar-refractivity contribution in [3.05, 3.63) is 18.2 Å². The molecule has 0 aliphatic carbocycles. The number of aliphatic hydroxyl groups is 4. The quantitative estimate of drug-likeness (QED) is 0.0230. The third-order valence-corrected chi connectivity index (χ3v) is 14.1. The van der Waals surface area contributed by atoms with Crippen LogP contribution in [0.25, 0.3) is 0 Å². The molecule has 0 saturated carbocycles. The average molecular weight is 1460 g/mol. The maximum Gasteiger partial charge on any atom is 0.460 e. The van der Waals surface area contributed by atoms with Crippen LogP contribution in [-0.2, 0) is 30.3 Å². The van der Waals surface area contributed by atoms with Gasteiger partial charge in [0.15, 0.2) is 6.29 Å². The van der Waals surface area contributed by atoms with Crippen molar-refractivity contribution in [1.29, 1.82) is 0 Å². The standard InChI is InChI=1S/C47H54F33N5O9/c48-32(49,12-8-6-4-2-1-3-5-7-10-25(87)82-16-17-93-31-29(91)28(90)27(89)24(20-86)94-31)35(54,55)38(60,61)41(66,67)42(68,69)39(62,63)36(56,57)33(50,51)13-9-15-83-30(92)23(18-22-19-81-21-84-22)85-26(88)11-14-34(52,53)37(58,59)40(64,65)43(70,71)44(72,73)45(74,75)46(76,77)47(78,79)80/h19,21,23-24,27-29,31,86,89-91H,1-18,20H2,(H,81,84)(H,82,87)(H,83,92)(H,85,88)/t23?,24-,27+,28+,29-,31-/m1/s1. The monoisotopic (exact) mass is 1460 g/mol. The van der Waals surface area contributed by atoms with Gasteiger partial charge in [0.25, 0.3) is 0 Å². The second-order valence-electron chi connectivity index (χ2n) is 21.0. The number of imidazole rings is 1. The van der Waals surface area contributed by atoms with E-state index >= 15 is 0 Å². The van der Waals surface area contributed by atoms with Crippen LogP contribution in [0.5, 0.6) is 0 Å². The number of aliphatic hydroxyl groups excluding tert-OH is 4. The summed E-state index contributed by atoms with van der Waals surface area (Å²) in [5, 5.41) is 43.5. The van der Waals surface area contributed by atoms with E-state index in [1.807, 2.05) is 0 Å². The predicted octanol–water partition coefficient (Wildman–Crippen LogP) is 11.0. The minimum atomic E-state index is -9.02. The first-order valence-corrected chi connectivity index (χ1v) is 26.6. The van der Waals surface area contributed by atoms with Gasteiger partial charge in [-0.2, -0.15) is 145 Å². The van der Waals surface area contributed by atoms with E-state index in [0.717, 1.165) is 0 Å². The first kappa shape index (κ1) is 85.2. The molecule has 94 heavy (non-hydrogen) atoms. The summed E-state index contributed by atoms with van der Waals surface area (Å²) in [5.41, 5.74) is -0.481. The van der Waals surface area contributed by atoms with Crippen LogP contribution in [0.4, 0.5) is 145 Å². The number of unbranched alkanes of at least 4 members (excludes halogenated alkanes) is 7. The lowest BCUT2D eigenvalue weighted by Crippen LogP contribution is -2.74. The lowest BCUT2D eigenvalue weighted by atomic mass is 9.86. The van der Waals surface area contributed by atoms with Crippen LogP contribution in [0.3, 0.4) is 0 Å². The van der Waals surface area contributed by atoms with Crippen molar-refractivity contribution in [2.75, 3.05) is 26.3 Å². The van der Waals surface area contributed by atoms with Crippen LogP contribution in [0.15, 0.2) is 12.5 Å². The normalized spacial score (nSPS) is 19.9. The molecule has 47 heteroatoms. The van der Waals surface area contributed by atoms with Crippen LogP contribution in [0.2, 0.25) is 0 Å². The Morgan fingerprint density at radius 2 is 0.862 bits per heavy atom. The molecule has 6 atom stereocenters. The summed E-state index contributed by atoms with van der Waals surface area (Å²) >= 11 is 0. The molecule has 2 heterocycles. The van der Waals surface area contributed by atoms with E-state index < -0.39 is 220 Å². The van der Waals surface area contributed by atoms with E-state index in [0.29, 0.717) is 25.4 Å². The molecule has 0 aromatic carbocycles. The first-order chi connectivity index (χ1) is 42.1. The minimum Gasteiger partial charge on any atom is -0.394 e. The fourth-order valence-corrected chi connectivity index (χ4v) is 8.28. The number of halogens is 33. The molecule has 1 saturated heterocycles. The zero-order valence-electron chi connectivity index (χ0n) is 46.8. The molecule has 0 spiro atoms. The van der Waals surface area contributed by atoms with E-state index in [2.05, 4.69) is 15.3 Å². The zero-order valence-corrected chi connectivity index (χ0v) is 46.8. The van der Waals surface area contributed by atoms with Gasteiger partial charge in [-0.15, -0.1) is 0 Å². The third kappa shape index (κ3) is 16.6. The molecule has 0 radical (unpaired) electrons. The molecule has 14 nitrogen and oxygen atoms in total.